The number of aryl methyl sites for hydroxylation is 1. The summed E-state index contributed by atoms with van der Waals surface area (Å²) in [6, 6.07) is 5.59. The fourth-order valence-electron chi connectivity index (χ4n) is 1.60. The zero-order valence-corrected chi connectivity index (χ0v) is 10.5. The average molecular weight is 254 g/mol. The molecule has 1 aromatic carbocycles. The summed E-state index contributed by atoms with van der Waals surface area (Å²) in [7, 11) is 0. The number of carbonyl (C=O) groups excluding carboxylic acids is 1. The quantitative estimate of drug-likeness (QED) is 0.706. The Kier molecular flexibility index (Phi) is 3.96. The maximum absolute atomic E-state index is 11.9. The largest absolute Gasteiger partial charge is 0.322 e. The molecule has 96 valence electrons. The van der Waals surface area contributed by atoms with Gasteiger partial charge in [-0.05, 0) is 30.7 Å². The van der Waals surface area contributed by atoms with Crippen LogP contribution in [0, 0.1) is 18.8 Å². The first-order valence-corrected chi connectivity index (χ1v) is 5.80. The average Bonchev–Trinajstić information content (AvgIpc) is 2.93. The summed E-state index contributed by atoms with van der Waals surface area (Å²) in [5, 5.41) is 9.17. The molecule has 1 amide bonds. The van der Waals surface area contributed by atoms with Gasteiger partial charge in [-0.2, -0.15) is 5.10 Å². The van der Waals surface area contributed by atoms with E-state index in [9.17, 15) is 4.79 Å². The molecule has 5 nitrogen and oxygen atoms in total. The summed E-state index contributed by atoms with van der Waals surface area (Å²) in [5.74, 6) is 5.55. The second-order valence-electron chi connectivity index (χ2n) is 3.98. The van der Waals surface area contributed by atoms with Crippen LogP contribution in [0.2, 0.25) is 0 Å². The fraction of sp³-hybridized carbons (Fsp3) is 0.143. The lowest BCUT2D eigenvalue weighted by Gasteiger charge is -2.07. The van der Waals surface area contributed by atoms with Gasteiger partial charge in [-0.3, -0.25) is 9.89 Å². The van der Waals surface area contributed by atoms with E-state index in [4.69, 9.17) is 5.73 Å². The van der Waals surface area contributed by atoms with Gasteiger partial charge in [0.15, 0.2) is 0 Å². The third-order valence-corrected chi connectivity index (χ3v) is 2.57. The molecule has 0 spiro atoms. The molecule has 2 rings (SSSR count). The van der Waals surface area contributed by atoms with E-state index in [0.717, 1.165) is 16.8 Å². The molecule has 4 N–H and O–H groups in total. The molecule has 0 saturated carbocycles. The maximum Gasteiger partial charge on any atom is 0.258 e. The first kappa shape index (κ1) is 12.9. The van der Waals surface area contributed by atoms with Crippen molar-refractivity contribution in [1.29, 1.82) is 0 Å². The number of aromatic amines is 1. The fourth-order valence-corrected chi connectivity index (χ4v) is 1.60. The Hall–Kier alpha value is -2.58. The molecule has 19 heavy (non-hydrogen) atoms. The number of hydrogen-bond donors (Lipinski definition) is 3. The molecular formula is C14H14N4O. The van der Waals surface area contributed by atoms with Gasteiger partial charge in [0.1, 0.15) is 0 Å². The van der Waals surface area contributed by atoms with Crippen molar-refractivity contribution < 1.29 is 4.79 Å². The minimum absolute atomic E-state index is 0.197. The molecule has 0 radical (unpaired) electrons. The molecule has 0 saturated heterocycles. The van der Waals surface area contributed by atoms with Crippen molar-refractivity contribution in [3.8, 4) is 11.8 Å². The Morgan fingerprint density at radius 2 is 2.37 bits per heavy atom. The number of H-pyrrole nitrogens is 1. The first-order chi connectivity index (χ1) is 9.20. The van der Waals surface area contributed by atoms with E-state index in [0.29, 0.717) is 12.1 Å². The van der Waals surface area contributed by atoms with E-state index in [1.54, 1.807) is 6.20 Å². The highest BCUT2D eigenvalue weighted by Crippen LogP contribution is 2.17. The smallest absolute Gasteiger partial charge is 0.258 e. The first-order valence-electron chi connectivity index (χ1n) is 5.80. The van der Waals surface area contributed by atoms with Crippen molar-refractivity contribution >= 4 is 11.6 Å². The second kappa shape index (κ2) is 5.85. The Labute approximate surface area is 111 Å². The van der Waals surface area contributed by atoms with E-state index in [1.807, 2.05) is 25.1 Å². The normalized spacial score (nSPS) is 9.58. The summed E-state index contributed by atoms with van der Waals surface area (Å²) in [6.45, 7) is 2.25. The molecule has 1 aromatic heterocycles. The van der Waals surface area contributed by atoms with Crippen molar-refractivity contribution in [1.82, 2.24) is 10.2 Å². The van der Waals surface area contributed by atoms with Crippen molar-refractivity contribution in [2.45, 2.75) is 6.92 Å². The molecule has 0 unspecified atom stereocenters. The van der Waals surface area contributed by atoms with Crippen LogP contribution in [0.1, 0.15) is 21.5 Å². The van der Waals surface area contributed by atoms with Gasteiger partial charge in [0.25, 0.3) is 5.91 Å². The lowest BCUT2D eigenvalue weighted by Crippen LogP contribution is -2.11. The Morgan fingerprint density at radius 3 is 3.00 bits per heavy atom. The van der Waals surface area contributed by atoms with Gasteiger partial charge in [0.05, 0.1) is 18.3 Å². The maximum atomic E-state index is 11.9. The number of benzene rings is 1. The third-order valence-electron chi connectivity index (χ3n) is 2.57. The molecule has 0 bridgehead atoms. The summed E-state index contributed by atoms with van der Waals surface area (Å²) < 4.78 is 0. The second-order valence-corrected chi connectivity index (χ2v) is 3.98. The number of nitrogens with one attached hydrogen (secondary N) is 2. The van der Waals surface area contributed by atoms with Crippen LogP contribution in [0.5, 0.6) is 0 Å². The SMILES string of the molecule is Cc1cc(C#CCN)ccc1NC(=O)c1cn[nH]c1. The molecule has 5 heteroatoms. The summed E-state index contributed by atoms with van der Waals surface area (Å²) in [5.41, 5.74) is 8.40. The van der Waals surface area contributed by atoms with Crippen LogP contribution in [0.15, 0.2) is 30.6 Å². The summed E-state index contributed by atoms with van der Waals surface area (Å²) >= 11 is 0. The van der Waals surface area contributed by atoms with Crippen molar-refractivity contribution in [3.05, 3.63) is 47.3 Å². The number of rotatable bonds is 2. The predicted octanol–water partition coefficient (Wildman–Crippen LogP) is 1.28. The Morgan fingerprint density at radius 1 is 1.53 bits per heavy atom. The van der Waals surface area contributed by atoms with Crippen LogP contribution in [0.25, 0.3) is 0 Å². The molecule has 2 aromatic rings. The van der Waals surface area contributed by atoms with Crippen molar-refractivity contribution in [3.63, 3.8) is 0 Å². The van der Waals surface area contributed by atoms with Crippen LogP contribution in [0.3, 0.4) is 0 Å². The van der Waals surface area contributed by atoms with Crippen LogP contribution in [-0.4, -0.2) is 22.6 Å². The molecule has 0 atom stereocenters. The topological polar surface area (TPSA) is 83.8 Å². The molecule has 0 aliphatic rings. The van der Waals surface area contributed by atoms with Gasteiger partial charge in [-0.25, -0.2) is 0 Å². The highest BCUT2D eigenvalue weighted by atomic mass is 16.1. The van der Waals surface area contributed by atoms with Gasteiger partial charge < -0.3 is 11.1 Å². The minimum Gasteiger partial charge on any atom is -0.322 e. The molecule has 0 aliphatic carbocycles. The number of anilines is 1. The number of hydrogen-bond acceptors (Lipinski definition) is 3. The van der Waals surface area contributed by atoms with Crippen LogP contribution < -0.4 is 11.1 Å². The number of nitrogens with zero attached hydrogens (tertiary/aromatic N) is 1. The van der Waals surface area contributed by atoms with Gasteiger partial charge in [-0.1, -0.05) is 11.8 Å². The predicted molar refractivity (Wildman–Crippen MR) is 73.7 cm³/mol. The van der Waals surface area contributed by atoms with Crippen LogP contribution >= 0.6 is 0 Å². The van der Waals surface area contributed by atoms with Gasteiger partial charge in [0.2, 0.25) is 0 Å². The highest BCUT2D eigenvalue weighted by molar-refractivity contribution is 6.04. The molecule has 1 heterocycles. The van der Waals surface area contributed by atoms with Gasteiger partial charge in [0, 0.05) is 17.4 Å². The van der Waals surface area contributed by atoms with E-state index >= 15 is 0 Å². The number of aromatic nitrogens is 2. The Bertz CT molecular complexity index is 635. The van der Waals surface area contributed by atoms with E-state index in [2.05, 4.69) is 27.4 Å². The molecule has 0 fully saturated rings. The third kappa shape index (κ3) is 3.21. The van der Waals surface area contributed by atoms with Crippen molar-refractivity contribution in [2.24, 2.45) is 5.73 Å². The van der Waals surface area contributed by atoms with Gasteiger partial charge >= 0.3 is 0 Å². The molecule has 0 aliphatic heterocycles. The van der Waals surface area contributed by atoms with Crippen LogP contribution in [-0.2, 0) is 0 Å². The number of carbonyl (C=O) groups is 1. The standard InChI is InChI=1S/C14H14N4O/c1-10-7-11(3-2-6-15)4-5-13(10)18-14(19)12-8-16-17-9-12/h4-5,7-9H,6,15H2,1H3,(H,16,17)(H,18,19). The number of nitrogens with two attached hydrogens (primary N) is 1. The monoisotopic (exact) mass is 254 g/mol. The Balaban J connectivity index is 2.15. The van der Waals surface area contributed by atoms with E-state index in [1.165, 1.54) is 6.20 Å². The lowest BCUT2D eigenvalue weighted by atomic mass is 10.1. The van der Waals surface area contributed by atoms with Gasteiger partial charge in [-0.15, -0.1) is 0 Å². The zero-order valence-electron chi connectivity index (χ0n) is 10.5. The summed E-state index contributed by atoms with van der Waals surface area (Å²) in [6.07, 6.45) is 3.03. The van der Waals surface area contributed by atoms with Crippen LogP contribution in [0.4, 0.5) is 5.69 Å². The molecular weight excluding hydrogens is 240 g/mol. The number of amides is 1. The highest BCUT2D eigenvalue weighted by Gasteiger charge is 2.08. The lowest BCUT2D eigenvalue weighted by molar-refractivity contribution is 0.102. The van der Waals surface area contributed by atoms with Crippen molar-refractivity contribution in [2.75, 3.05) is 11.9 Å². The van der Waals surface area contributed by atoms with E-state index < -0.39 is 0 Å². The summed E-state index contributed by atoms with van der Waals surface area (Å²) in [4.78, 5) is 11.9. The zero-order chi connectivity index (χ0) is 13.7. The van der Waals surface area contributed by atoms with E-state index in [-0.39, 0.29) is 5.91 Å². The minimum atomic E-state index is -0.197.